The summed E-state index contributed by atoms with van der Waals surface area (Å²) in [5.41, 5.74) is 2.26. The molecule has 6 heteroatoms. The SMILES string of the molecule is CCNC(=NCc1ccc(OC)c(C)c1)N1CCC(C(=O)OC)CC1. The van der Waals surface area contributed by atoms with Crippen LogP contribution in [0.15, 0.2) is 23.2 Å². The van der Waals surface area contributed by atoms with E-state index in [4.69, 9.17) is 14.5 Å². The molecule has 138 valence electrons. The van der Waals surface area contributed by atoms with Gasteiger partial charge in [0.15, 0.2) is 5.96 Å². The zero-order valence-electron chi connectivity index (χ0n) is 15.7. The zero-order chi connectivity index (χ0) is 18.2. The molecule has 1 aliphatic heterocycles. The number of methoxy groups -OCH3 is 2. The number of esters is 1. The van der Waals surface area contributed by atoms with E-state index in [1.807, 2.05) is 19.1 Å². The van der Waals surface area contributed by atoms with Gasteiger partial charge < -0.3 is 19.7 Å². The van der Waals surface area contributed by atoms with Crippen LogP contribution in [0.3, 0.4) is 0 Å². The summed E-state index contributed by atoms with van der Waals surface area (Å²) >= 11 is 0. The lowest BCUT2D eigenvalue weighted by molar-refractivity contribution is -0.146. The monoisotopic (exact) mass is 347 g/mol. The highest BCUT2D eigenvalue weighted by Crippen LogP contribution is 2.20. The summed E-state index contributed by atoms with van der Waals surface area (Å²) in [5.74, 6) is 1.70. The summed E-state index contributed by atoms with van der Waals surface area (Å²) in [5, 5.41) is 3.35. The lowest BCUT2D eigenvalue weighted by atomic mass is 9.97. The normalized spacial score (nSPS) is 15.8. The lowest BCUT2D eigenvalue weighted by Crippen LogP contribution is -2.46. The van der Waals surface area contributed by atoms with Crippen molar-refractivity contribution in [1.29, 1.82) is 0 Å². The first-order chi connectivity index (χ1) is 12.1. The summed E-state index contributed by atoms with van der Waals surface area (Å²) < 4.78 is 10.2. The summed E-state index contributed by atoms with van der Waals surface area (Å²) in [6.07, 6.45) is 1.61. The van der Waals surface area contributed by atoms with E-state index < -0.39 is 0 Å². The molecule has 0 amide bonds. The number of aliphatic imine (C=N–C) groups is 1. The molecule has 2 rings (SSSR count). The number of nitrogens with zero attached hydrogens (tertiary/aromatic N) is 2. The zero-order valence-corrected chi connectivity index (χ0v) is 15.7. The highest BCUT2D eigenvalue weighted by Gasteiger charge is 2.26. The minimum Gasteiger partial charge on any atom is -0.496 e. The Morgan fingerprint density at radius 1 is 1.32 bits per heavy atom. The molecule has 1 saturated heterocycles. The van der Waals surface area contributed by atoms with Crippen LogP contribution < -0.4 is 10.1 Å². The number of nitrogens with one attached hydrogen (secondary N) is 1. The van der Waals surface area contributed by atoms with E-state index in [-0.39, 0.29) is 11.9 Å². The van der Waals surface area contributed by atoms with Gasteiger partial charge in [0.05, 0.1) is 26.7 Å². The lowest BCUT2D eigenvalue weighted by Gasteiger charge is -2.33. The molecule has 1 heterocycles. The fourth-order valence-electron chi connectivity index (χ4n) is 3.12. The van der Waals surface area contributed by atoms with Crippen molar-refractivity contribution in [3.63, 3.8) is 0 Å². The summed E-state index contributed by atoms with van der Waals surface area (Å²) in [6, 6.07) is 6.13. The van der Waals surface area contributed by atoms with Gasteiger partial charge in [-0.3, -0.25) is 4.79 Å². The van der Waals surface area contributed by atoms with E-state index in [0.29, 0.717) is 6.54 Å². The van der Waals surface area contributed by atoms with Crippen LogP contribution in [-0.4, -0.2) is 50.7 Å². The van der Waals surface area contributed by atoms with Gasteiger partial charge in [0.25, 0.3) is 0 Å². The van der Waals surface area contributed by atoms with Crippen molar-refractivity contribution in [2.75, 3.05) is 33.9 Å². The van der Waals surface area contributed by atoms with Gasteiger partial charge >= 0.3 is 5.97 Å². The Morgan fingerprint density at radius 2 is 2.04 bits per heavy atom. The minimum atomic E-state index is -0.102. The molecule has 6 nitrogen and oxygen atoms in total. The van der Waals surface area contributed by atoms with Gasteiger partial charge in [0.2, 0.25) is 0 Å². The number of hydrogen-bond acceptors (Lipinski definition) is 4. The van der Waals surface area contributed by atoms with Gasteiger partial charge in [0, 0.05) is 19.6 Å². The molecule has 1 aliphatic rings. The van der Waals surface area contributed by atoms with Crippen LogP contribution in [0.25, 0.3) is 0 Å². The van der Waals surface area contributed by atoms with Gasteiger partial charge in [0.1, 0.15) is 5.75 Å². The number of aryl methyl sites for hydroxylation is 1. The van der Waals surface area contributed by atoms with Crippen molar-refractivity contribution in [3.8, 4) is 5.75 Å². The Labute approximate surface area is 150 Å². The number of rotatable bonds is 5. The van der Waals surface area contributed by atoms with Crippen molar-refractivity contribution < 1.29 is 14.3 Å². The average Bonchev–Trinajstić information content (AvgIpc) is 2.64. The van der Waals surface area contributed by atoms with Crippen LogP contribution in [0.5, 0.6) is 5.75 Å². The number of hydrogen-bond donors (Lipinski definition) is 1. The maximum absolute atomic E-state index is 11.7. The van der Waals surface area contributed by atoms with Crippen molar-refractivity contribution in [3.05, 3.63) is 29.3 Å². The van der Waals surface area contributed by atoms with Crippen molar-refractivity contribution in [1.82, 2.24) is 10.2 Å². The van der Waals surface area contributed by atoms with Gasteiger partial charge in [-0.15, -0.1) is 0 Å². The molecule has 25 heavy (non-hydrogen) atoms. The molecular weight excluding hydrogens is 318 g/mol. The predicted molar refractivity (Wildman–Crippen MR) is 98.9 cm³/mol. The maximum Gasteiger partial charge on any atom is 0.308 e. The molecule has 0 radical (unpaired) electrons. The standard InChI is InChI=1S/C19H29N3O3/c1-5-20-19(22-10-8-16(9-11-22)18(23)25-4)21-13-15-6-7-17(24-3)14(2)12-15/h6-7,12,16H,5,8-11,13H2,1-4H3,(H,20,21). The maximum atomic E-state index is 11.7. The van der Waals surface area contributed by atoms with Gasteiger partial charge in [-0.2, -0.15) is 0 Å². The van der Waals surface area contributed by atoms with Crippen molar-refractivity contribution in [2.24, 2.45) is 10.9 Å². The Balaban J connectivity index is 2.01. The van der Waals surface area contributed by atoms with E-state index in [1.54, 1.807) is 7.11 Å². The Kier molecular flexibility index (Phi) is 7.10. The number of piperidine rings is 1. The van der Waals surface area contributed by atoms with Gasteiger partial charge in [-0.25, -0.2) is 4.99 Å². The highest BCUT2D eigenvalue weighted by atomic mass is 16.5. The number of ether oxygens (including phenoxy) is 2. The van der Waals surface area contributed by atoms with E-state index >= 15 is 0 Å². The van der Waals surface area contributed by atoms with Crippen molar-refractivity contribution >= 4 is 11.9 Å². The number of carbonyl (C=O) groups is 1. The smallest absolute Gasteiger partial charge is 0.308 e. The molecular formula is C19H29N3O3. The quantitative estimate of drug-likeness (QED) is 0.503. The summed E-state index contributed by atoms with van der Waals surface area (Å²) in [6.45, 7) is 7.16. The fraction of sp³-hybridized carbons (Fsp3) is 0.579. The second kappa shape index (κ2) is 9.30. The second-order valence-electron chi connectivity index (χ2n) is 6.26. The van der Waals surface area contributed by atoms with Crippen LogP contribution in [0.2, 0.25) is 0 Å². The third-order valence-corrected chi connectivity index (χ3v) is 4.53. The first-order valence-electron chi connectivity index (χ1n) is 8.83. The van der Waals surface area contributed by atoms with E-state index in [2.05, 4.69) is 23.2 Å². The van der Waals surface area contributed by atoms with Gasteiger partial charge in [-0.1, -0.05) is 12.1 Å². The average molecular weight is 347 g/mol. The molecule has 0 aromatic heterocycles. The molecule has 0 spiro atoms. The minimum absolute atomic E-state index is 0.00774. The molecule has 1 fully saturated rings. The summed E-state index contributed by atoms with van der Waals surface area (Å²) in [7, 11) is 3.14. The molecule has 0 bridgehead atoms. The fourth-order valence-corrected chi connectivity index (χ4v) is 3.12. The molecule has 1 N–H and O–H groups in total. The van der Waals surface area contributed by atoms with E-state index in [0.717, 1.165) is 55.3 Å². The topological polar surface area (TPSA) is 63.2 Å². The molecule has 0 unspecified atom stereocenters. The number of carbonyl (C=O) groups excluding carboxylic acids is 1. The van der Waals surface area contributed by atoms with E-state index in [1.165, 1.54) is 7.11 Å². The Hall–Kier alpha value is -2.24. The molecule has 1 aromatic carbocycles. The number of likely N-dealkylation sites (tertiary alicyclic amines) is 1. The Bertz CT molecular complexity index is 608. The van der Waals surface area contributed by atoms with Crippen LogP contribution in [0, 0.1) is 12.8 Å². The van der Waals surface area contributed by atoms with Gasteiger partial charge in [-0.05, 0) is 43.9 Å². The third-order valence-electron chi connectivity index (χ3n) is 4.53. The van der Waals surface area contributed by atoms with Crippen LogP contribution in [0.4, 0.5) is 0 Å². The third kappa shape index (κ3) is 5.11. The first kappa shape index (κ1) is 19.1. The van der Waals surface area contributed by atoms with E-state index in [9.17, 15) is 4.79 Å². The molecule has 0 saturated carbocycles. The largest absolute Gasteiger partial charge is 0.496 e. The molecule has 1 aromatic rings. The number of benzene rings is 1. The predicted octanol–water partition coefficient (Wildman–Crippen LogP) is 2.35. The Morgan fingerprint density at radius 3 is 2.60 bits per heavy atom. The number of guanidine groups is 1. The molecule has 0 atom stereocenters. The molecule has 0 aliphatic carbocycles. The highest BCUT2D eigenvalue weighted by molar-refractivity contribution is 5.80. The van der Waals surface area contributed by atoms with Crippen LogP contribution >= 0.6 is 0 Å². The first-order valence-corrected chi connectivity index (χ1v) is 8.83. The van der Waals surface area contributed by atoms with Crippen molar-refractivity contribution in [2.45, 2.75) is 33.2 Å². The van der Waals surface area contributed by atoms with Crippen LogP contribution in [0.1, 0.15) is 30.9 Å². The van der Waals surface area contributed by atoms with Crippen LogP contribution in [-0.2, 0) is 16.1 Å². The summed E-state index contributed by atoms with van der Waals surface area (Å²) in [4.78, 5) is 18.7. The second-order valence-corrected chi connectivity index (χ2v) is 6.26.